The van der Waals surface area contributed by atoms with Gasteiger partial charge in [-0.2, -0.15) is 0 Å². The maximum absolute atomic E-state index is 14.4. The topological polar surface area (TPSA) is 512 Å². The Bertz CT molecular complexity index is 3160. The van der Waals surface area contributed by atoms with E-state index in [0.717, 1.165) is 6.92 Å². The number of hydrogen-bond acceptors (Lipinski definition) is 16. The van der Waals surface area contributed by atoms with E-state index in [9.17, 15) is 63.0 Å². The van der Waals surface area contributed by atoms with Crippen molar-refractivity contribution in [1.82, 2.24) is 67.7 Å². The second kappa shape index (κ2) is 34.3. The summed E-state index contributed by atoms with van der Waals surface area (Å²) in [4.78, 5) is 173. The minimum absolute atomic E-state index is 0.0156. The predicted octanol–water partition coefficient (Wildman–Crippen LogP) is -4.30. The fraction of sp³-hybridized carbons (Fsp3) is 0.474. The van der Waals surface area contributed by atoms with Crippen LogP contribution in [-0.2, 0) is 76.8 Å². The first-order valence-electron chi connectivity index (χ1n) is 28.7. The van der Waals surface area contributed by atoms with Crippen LogP contribution in [0.4, 0.5) is 0 Å². The van der Waals surface area contributed by atoms with Gasteiger partial charge in [-0.3, -0.25) is 62.5 Å². The number of aliphatic carboxylic acids is 1. The van der Waals surface area contributed by atoms with Crippen molar-refractivity contribution >= 4 is 87.8 Å². The summed E-state index contributed by atoms with van der Waals surface area (Å²) in [7, 11) is 0. The van der Waals surface area contributed by atoms with Crippen LogP contribution in [-0.4, -0.2) is 193 Å². The first-order chi connectivity index (χ1) is 42.3. The Morgan fingerprint density at radius 1 is 0.730 bits per heavy atom. The van der Waals surface area contributed by atoms with Crippen molar-refractivity contribution in [3.63, 3.8) is 0 Å². The number of H-pyrrole nitrogens is 2. The van der Waals surface area contributed by atoms with Gasteiger partial charge in [0.25, 0.3) is 5.97 Å². The summed E-state index contributed by atoms with van der Waals surface area (Å²) in [6.07, 6.45) is 5.24. The summed E-state index contributed by atoms with van der Waals surface area (Å²) in [6, 6.07) is 2.37. The van der Waals surface area contributed by atoms with Gasteiger partial charge in [-0.1, -0.05) is 44.2 Å². The molecule has 20 N–H and O–H groups in total. The Hall–Kier alpha value is -10.1. The van der Waals surface area contributed by atoms with Crippen molar-refractivity contribution in [2.24, 2.45) is 28.1 Å². The summed E-state index contributed by atoms with van der Waals surface area (Å²) in [5.74, 6) is -9.70. The summed E-state index contributed by atoms with van der Waals surface area (Å²) in [5, 5.41) is 51.9. The maximum atomic E-state index is 14.4. The number of aromatic nitrogens is 3. The summed E-state index contributed by atoms with van der Waals surface area (Å²) in [6.45, 7) is 2.70. The van der Waals surface area contributed by atoms with Gasteiger partial charge in [-0.05, 0) is 73.8 Å². The number of carboxylic acids is 1. The maximum Gasteiger partial charge on any atom is 0.300 e. The van der Waals surface area contributed by atoms with E-state index in [-0.39, 0.29) is 94.4 Å². The van der Waals surface area contributed by atoms with Gasteiger partial charge < -0.3 is 95.2 Å². The fourth-order valence-corrected chi connectivity index (χ4v) is 9.79. The Morgan fingerprint density at radius 2 is 1.36 bits per heavy atom. The van der Waals surface area contributed by atoms with E-state index < -0.39 is 133 Å². The fourth-order valence-electron chi connectivity index (χ4n) is 9.79. The van der Waals surface area contributed by atoms with Crippen molar-refractivity contribution in [1.29, 1.82) is 0 Å². The highest BCUT2D eigenvalue weighted by molar-refractivity contribution is 5.99. The molecular formula is C57H79N17O15. The second-order valence-electron chi connectivity index (χ2n) is 21.7. The molecule has 6 rings (SSSR count). The number of likely N-dealkylation sites (tertiary alicyclic amines) is 1. The highest BCUT2D eigenvalue weighted by Gasteiger charge is 2.39. The predicted molar refractivity (Wildman–Crippen MR) is 319 cm³/mol. The molecule has 2 aliphatic heterocycles. The summed E-state index contributed by atoms with van der Waals surface area (Å²) in [5.41, 5.74) is 18.3. The van der Waals surface area contributed by atoms with Crippen LogP contribution in [0, 0.1) is 5.92 Å². The number of benzene rings is 2. The molecule has 0 bridgehead atoms. The smallest absolute Gasteiger partial charge is 0.300 e. The molecule has 482 valence electrons. The van der Waals surface area contributed by atoms with Crippen molar-refractivity contribution in [3.05, 3.63) is 84.1 Å². The molecule has 2 saturated heterocycles. The monoisotopic (exact) mass is 1240 g/mol. The zero-order valence-electron chi connectivity index (χ0n) is 49.5. The number of phenolic OH excluding ortho intramolecular Hbond substituents is 1. The lowest BCUT2D eigenvalue weighted by Crippen LogP contribution is -2.60. The molecule has 89 heavy (non-hydrogen) atoms. The van der Waals surface area contributed by atoms with Crippen molar-refractivity contribution in [3.8, 4) is 5.75 Å². The number of aliphatic hydroxyl groups is 1. The minimum Gasteiger partial charge on any atom is -0.508 e. The molecule has 2 fully saturated rings. The van der Waals surface area contributed by atoms with E-state index >= 15 is 0 Å². The number of nitrogens with one attached hydrogen (secondary N) is 11. The van der Waals surface area contributed by atoms with Gasteiger partial charge >= 0.3 is 0 Å². The van der Waals surface area contributed by atoms with Crippen molar-refractivity contribution < 1.29 is 72.9 Å². The average Bonchev–Trinajstić information content (AvgIpc) is 2.44. The molecule has 11 amide bonds. The molecule has 2 aromatic heterocycles. The van der Waals surface area contributed by atoms with Gasteiger partial charge in [0, 0.05) is 74.7 Å². The number of imidazole rings is 1. The number of aliphatic imine (C=N–C) groups is 1. The van der Waals surface area contributed by atoms with Crippen molar-refractivity contribution in [2.75, 3.05) is 32.8 Å². The van der Waals surface area contributed by atoms with Crippen LogP contribution in [0.1, 0.15) is 82.5 Å². The first-order valence-corrected chi connectivity index (χ1v) is 28.7. The molecule has 8 atom stereocenters. The van der Waals surface area contributed by atoms with Gasteiger partial charge in [0.2, 0.25) is 65.0 Å². The number of hydrogen-bond donors (Lipinski definition) is 17. The third kappa shape index (κ3) is 22.6. The number of phenols is 1. The van der Waals surface area contributed by atoms with Crippen LogP contribution >= 0.6 is 0 Å². The van der Waals surface area contributed by atoms with Crippen LogP contribution in [0.3, 0.4) is 0 Å². The molecule has 32 nitrogen and oxygen atoms in total. The molecule has 0 saturated carbocycles. The minimum atomic E-state index is -1.76. The van der Waals surface area contributed by atoms with Gasteiger partial charge in [0.15, 0.2) is 5.96 Å². The molecule has 2 aliphatic rings. The lowest BCUT2D eigenvalue weighted by atomic mass is 10.0. The standard InChI is InChI=1S/C55H75N17O13.C2H4O2/c1-29(2)19-38(49(80)67-37(9-5-17-60-55(57)58)54(85)72-18-6-10-43(72)53(84)62-25-44(56)75)66-46(77)26-63-47(78)39(20-30-11-13-33(74)14-12-30)68-52(83)42(27-73)71-50(81)40(21-31-23-61-35-8-4-3-7-34(31)35)69-51(82)41(22-32-24-59-28-64-32)70-48(79)36-15-16-45(76)65-36;1-2(3)4/h3-4,7-8,11-14,23-24,28-29,36-43,61,73-74H,5-6,9-10,15-22,25-27H2,1-2H3,(H2,56,75)(H,59,64)(H,62,84)(H,63,78)(H,65,76)(H,66,77)(H,67,80)(H,68,83)(H,69,82)(H,70,79)(H,71,81)(H4,57,58,60);1H3,(H,3,4). The number of amides is 11. The number of guanidine groups is 1. The Kier molecular flexibility index (Phi) is 26.8. The number of aromatic hydroxyl groups is 1. The number of carbonyl (C=O) groups excluding carboxylic acids is 11. The number of primary amides is 1. The highest BCUT2D eigenvalue weighted by atomic mass is 16.4. The molecule has 32 heteroatoms. The Morgan fingerprint density at radius 3 is 1.98 bits per heavy atom. The van der Waals surface area contributed by atoms with E-state index in [4.69, 9.17) is 27.1 Å². The normalized spacial score (nSPS) is 16.3. The first kappa shape index (κ1) is 69.6. The highest BCUT2D eigenvalue weighted by Crippen LogP contribution is 2.22. The molecule has 2 aromatic carbocycles. The number of para-hydroxylation sites is 1. The second-order valence-corrected chi connectivity index (χ2v) is 21.7. The zero-order valence-corrected chi connectivity index (χ0v) is 49.5. The van der Waals surface area contributed by atoms with Gasteiger partial charge in [0.05, 0.1) is 26.0 Å². The van der Waals surface area contributed by atoms with Crippen LogP contribution in [0.5, 0.6) is 5.75 Å². The van der Waals surface area contributed by atoms with Gasteiger partial charge in [-0.25, -0.2) is 4.98 Å². The average molecular weight is 1240 g/mol. The third-order valence-electron chi connectivity index (χ3n) is 14.1. The molecule has 4 heterocycles. The largest absolute Gasteiger partial charge is 0.508 e. The number of carboxylic acid groups (broad SMARTS) is 1. The summed E-state index contributed by atoms with van der Waals surface area (Å²) >= 11 is 0. The SMILES string of the molecule is CC(=O)O.CC(C)CC(NC(=O)CNC(=O)C(Cc1ccc(O)cc1)NC(=O)C(CO)NC(=O)C(Cc1c[nH]c2ccccc12)NC(=O)C(Cc1cnc[nH]1)NC(=O)C1CCC(=O)N1)C(=O)NC(CCCN=C(N)N)C(=O)N1CCCC1C(=O)NCC(N)=O. The number of fused-ring (bicyclic) bond motifs is 1. The quantitative estimate of drug-likeness (QED) is 0.0129. The third-order valence-corrected chi connectivity index (χ3v) is 14.1. The number of nitrogens with two attached hydrogens (primary N) is 3. The summed E-state index contributed by atoms with van der Waals surface area (Å²) < 4.78 is 0. The number of nitrogens with zero attached hydrogens (tertiary/aromatic N) is 3. The molecule has 8 unspecified atom stereocenters. The van der Waals surface area contributed by atoms with E-state index in [1.165, 1.54) is 41.7 Å². The zero-order chi connectivity index (χ0) is 65.3. The van der Waals surface area contributed by atoms with Gasteiger partial charge in [0.1, 0.15) is 54.1 Å². The van der Waals surface area contributed by atoms with Crippen LogP contribution < -0.4 is 65.1 Å². The van der Waals surface area contributed by atoms with E-state index in [1.54, 1.807) is 44.3 Å². The van der Waals surface area contributed by atoms with E-state index in [0.29, 0.717) is 34.1 Å². The van der Waals surface area contributed by atoms with Crippen molar-refractivity contribution in [2.45, 2.75) is 133 Å². The van der Waals surface area contributed by atoms with Crippen LogP contribution in [0.2, 0.25) is 0 Å². The number of carbonyl (C=O) groups is 12. The molecule has 0 radical (unpaired) electrons. The Balaban J connectivity index is 0.00000349. The van der Waals surface area contributed by atoms with Crippen LogP contribution in [0.15, 0.2) is 72.2 Å². The number of aliphatic hydroxyl groups excluding tert-OH is 1. The number of aromatic amines is 2. The lowest BCUT2D eigenvalue weighted by Gasteiger charge is -2.30. The van der Waals surface area contributed by atoms with Crippen LogP contribution in [0.25, 0.3) is 10.9 Å². The Labute approximate surface area is 510 Å². The van der Waals surface area contributed by atoms with E-state index in [2.05, 4.69) is 67.8 Å². The molecule has 0 aliphatic carbocycles. The lowest BCUT2D eigenvalue weighted by molar-refractivity contribution is -0.142. The van der Waals surface area contributed by atoms with Gasteiger partial charge in [-0.15, -0.1) is 0 Å². The molecule has 0 spiro atoms. The number of rotatable bonds is 31. The van der Waals surface area contributed by atoms with E-state index in [1.807, 2.05) is 0 Å². The molecule has 4 aromatic rings. The molecular weight excluding hydrogens is 1160 g/mol.